The van der Waals surface area contributed by atoms with Gasteiger partial charge < -0.3 is 14.8 Å². The Hall–Kier alpha value is -2.24. The van der Waals surface area contributed by atoms with Gasteiger partial charge in [0.1, 0.15) is 23.6 Å². The topological polar surface area (TPSA) is 67.9 Å². The fraction of sp³-hybridized carbons (Fsp3) is 0.556. The minimum Gasteiger partial charge on any atom is -0.494 e. The van der Waals surface area contributed by atoms with Gasteiger partial charge in [-0.15, -0.1) is 0 Å². The zero-order valence-electron chi connectivity index (χ0n) is 14.2. The largest absolute Gasteiger partial charge is 0.494 e. The minimum absolute atomic E-state index is 0.137. The van der Waals surface area contributed by atoms with E-state index in [9.17, 15) is 9.59 Å². The molecule has 1 aromatic carbocycles. The lowest BCUT2D eigenvalue weighted by molar-refractivity contribution is -0.131. The van der Waals surface area contributed by atoms with Crippen LogP contribution in [0.2, 0.25) is 0 Å². The number of ether oxygens (including phenoxy) is 2. The lowest BCUT2D eigenvalue weighted by atomic mass is 9.96. The van der Waals surface area contributed by atoms with Crippen molar-refractivity contribution in [2.24, 2.45) is 5.92 Å². The van der Waals surface area contributed by atoms with Crippen molar-refractivity contribution in [3.05, 3.63) is 24.3 Å². The third-order valence-electron chi connectivity index (χ3n) is 4.58. The monoisotopic (exact) mass is 332 g/mol. The van der Waals surface area contributed by atoms with E-state index < -0.39 is 5.54 Å². The molecule has 2 fully saturated rings. The highest BCUT2D eigenvalue weighted by Crippen LogP contribution is 2.42. The fourth-order valence-electron chi connectivity index (χ4n) is 2.96. The SMILES string of the molecule is CCCOc1ccc(OCCN2C(=O)NC(C)(C3CC3)C2=O)cc1. The standard InChI is InChI=1S/C18H24N2O4/c1-3-11-23-14-6-8-15(9-7-14)24-12-10-20-16(21)18(2,13-4-5-13)19-17(20)22/h6-9,13H,3-5,10-12H2,1-2H3,(H,19,22). The first kappa shape index (κ1) is 16.6. The van der Waals surface area contributed by atoms with Crippen LogP contribution in [0.4, 0.5) is 4.79 Å². The number of nitrogens with zero attached hydrogens (tertiary/aromatic N) is 1. The Kier molecular flexibility index (Phi) is 4.64. The summed E-state index contributed by atoms with van der Waals surface area (Å²) in [4.78, 5) is 25.8. The Morgan fingerprint density at radius 1 is 1.12 bits per heavy atom. The quantitative estimate of drug-likeness (QED) is 0.743. The van der Waals surface area contributed by atoms with Crippen LogP contribution in [0.15, 0.2) is 24.3 Å². The van der Waals surface area contributed by atoms with Gasteiger partial charge in [0.2, 0.25) is 0 Å². The van der Waals surface area contributed by atoms with Crippen molar-refractivity contribution in [1.82, 2.24) is 10.2 Å². The molecule has 1 aliphatic heterocycles. The summed E-state index contributed by atoms with van der Waals surface area (Å²) in [5.74, 6) is 1.63. The summed E-state index contributed by atoms with van der Waals surface area (Å²) in [5.41, 5.74) is -0.727. The van der Waals surface area contributed by atoms with Gasteiger partial charge in [-0.3, -0.25) is 9.69 Å². The molecule has 1 N–H and O–H groups in total. The second-order valence-electron chi connectivity index (χ2n) is 6.53. The van der Waals surface area contributed by atoms with E-state index >= 15 is 0 Å². The van der Waals surface area contributed by atoms with Crippen molar-refractivity contribution in [3.8, 4) is 11.5 Å². The van der Waals surface area contributed by atoms with Crippen LogP contribution in [0.1, 0.15) is 33.1 Å². The average Bonchev–Trinajstić information content (AvgIpc) is 3.39. The molecule has 0 aromatic heterocycles. The number of rotatable bonds is 8. The van der Waals surface area contributed by atoms with Crippen molar-refractivity contribution in [2.45, 2.75) is 38.6 Å². The van der Waals surface area contributed by atoms with Gasteiger partial charge in [0.05, 0.1) is 13.2 Å². The number of urea groups is 1. The van der Waals surface area contributed by atoms with Crippen LogP contribution in [-0.4, -0.2) is 42.1 Å². The summed E-state index contributed by atoms with van der Waals surface area (Å²) < 4.78 is 11.2. The smallest absolute Gasteiger partial charge is 0.325 e. The third-order valence-corrected chi connectivity index (χ3v) is 4.58. The Morgan fingerprint density at radius 3 is 2.25 bits per heavy atom. The fourth-order valence-corrected chi connectivity index (χ4v) is 2.96. The molecule has 1 saturated carbocycles. The molecule has 0 radical (unpaired) electrons. The number of amides is 3. The van der Waals surface area contributed by atoms with Crippen LogP contribution in [0.5, 0.6) is 11.5 Å². The first-order valence-electron chi connectivity index (χ1n) is 8.54. The molecule has 24 heavy (non-hydrogen) atoms. The molecule has 0 bridgehead atoms. The van der Waals surface area contributed by atoms with Crippen LogP contribution in [-0.2, 0) is 4.79 Å². The molecule has 1 heterocycles. The van der Waals surface area contributed by atoms with E-state index in [2.05, 4.69) is 12.2 Å². The second kappa shape index (κ2) is 6.71. The van der Waals surface area contributed by atoms with Gasteiger partial charge in [-0.1, -0.05) is 6.92 Å². The highest BCUT2D eigenvalue weighted by Gasteiger charge is 2.55. The summed E-state index contributed by atoms with van der Waals surface area (Å²) in [6, 6.07) is 7.03. The molecule has 1 aliphatic carbocycles. The van der Waals surface area contributed by atoms with Crippen LogP contribution >= 0.6 is 0 Å². The second-order valence-corrected chi connectivity index (χ2v) is 6.53. The van der Waals surface area contributed by atoms with Crippen LogP contribution in [0, 0.1) is 5.92 Å². The molecule has 1 unspecified atom stereocenters. The number of nitrogens with one attached hydrogen (secondary N) is 1. The maximum absolute atomic E-state index is 12.5. The molecule has 2 aliphatic rings. The minimum atomic E-state index is -0.727. The van der Waals surface area contributed by atoms with E-state index in [1.807, 2.05) is 31.2 Å². The van der Waals surface area contributed by atoms with Gasteiger partial charge in [0.15, 0.2) is 0 Å². The Morgan fingerprint density at radius 2 is 1.71 bits per heavy atom. The van der Waals surface area contributed by atoms with Crippen LogP contribution in [0.3, 0.4) is 0 Å². The third kappa shape index (κ3) is 3.32. The van der Waals surface area contributed by atoms with Gasteiger partial charge in [0, 0.05) is 0 Å². The summed E-state index contributed by atoms with van der Waals surface area (Å²) in [6.07, 6.45) is 2.96. The van der Waals surface area contributed by atoms with Crippen LogP contribution in [0.25, 0.3) is 0 Å². The van der Waals surface area contributed by atoms with Crippen LogP contribution < -0.4 is 14.8 Å². The predicted molar refractivity (Wildman–Crippen MR) is 89.1 cm³/mol. The van der Waals surface area contributed by atoms with Crippen molar-refractivity contribution >= 4 is 11.9 Å². The molecular formula is C18H24N2O4. The Balaban J connectivity index is 1.49. The highest BCUT2D eigenvalue weighted by atomic mass is 16.5. The van der Waals surface area contributed by atoms with Crippen molar-refractivity contribution < 1.29 is 19.1 Å². The Labute approximate surface area is 142 Å². The van der Waals surface area contributed by atoms with E-state index in [0.717, 1.165) is 25.0 Å². The molecule has 3 rings (SSSR count). The van der Waals surface area contributed by atoms with Crippen molar-refractivity contribution in [3.63, 3.8) is 0 Å². The molecule has 6 nitrogen and oxygen atoms in total. The van der Waals surface area contributed by atoms with E-state index in [4.69, 9.17) is 9.47 Å². The molecule has 0 spiro atoms. The molecule has 1 aromatic rings. The maximum Gasteiger partial charge on any atom is 0.325 e. The number of carbonyl (C=O) groups is 2. The molecular weight excluding hydrogens is 308 g/mol. The lowest BCUT2D eigenvalue weighted by Gasteiger charge is -2.21. The summed E-state index contributed by atoms with van der Waals surface area (Å²) in [6.45, 7) is 5.09. The first-order valence-corrected chi connectivity index (χ1v) is 8.54. The van der Waals surface area contributed by atoms with E-state index in [1.54, 1.807) is 0 Å². The average molecular weight is 332 g/mol. The van der Waals surface area contributed by atoms with Crippen molar-refractivity contribution in [2.75, 3.05) is 19.8 Å². The summed E-state index contributed by atoms with van der Waals surface area (Å²) in [5, 5.41) is 2.83. The first-order chi connectivity index (χ1) is 11.5. The predicted octanol–water partition coefficient (Wildman–Crippen LogP) is 2.57. The molecule has 6 heteroatoms. The number of imide groups is 1. The van der Waals surface area contributed by atoms with E-state index in [-0.39, 0.29) is 31.0 Å². The number of carbonyl (C=O) groups excluding carboxylic acids is 2. The van der Waals surface area contributed by atoms with Gasteiger partial charge in [-0.25, -0.2) is 4.79 Å². The van der Waals surface area contributed by atoms with Gasteiger partial charge in [0.25, 0.3) is 5.91 Å². The van der Waals surface area contributed by atoms with Gasteiger partial charge in [-0.2, -0.15) is 0 Å². The number of benzene rings is 1. The number of hydrogen-bond acceptors (Lipinski definition) is 4. The number of hydrogen-bond donors (Lipinski definition) is 1. The summed E-state index contributed by atoms with van der Waals surface area (Å²) >= 11 is 0. The van der Waals surface area contributed by atoms with E-state index in [0.29, 0.717) is 12.4 Å². The zero-order valence-corrected chi connectivity index (χ0v) is 14.2. The molecule has 3 amide bonds. The Bertz CT molecular complexity index is 612. The molecule has 130 valence electrons. The normalized spacial score (nSPS) is 23.3. The van der Waals surface area contributed by atoms with Gasteiger partial charge >= 0.3 is 6.03 Å². The van der Waals surface area contributed by atoms with Crippen molar-refractivity contribution in [1.29, 1.82) is 0 Å². The van der Waals surface area contributed by atoms with E-state index in [1.165, 1.54) is 4.90 Å². The molecule has 1 saturated heterocycles. The maximum atomic E-state index is 12.5. The summed E-state index contributed by atoms with van der Waals surface area (Å²) in [7, 11) is 0. The molecule has 1 atom stereocenters. The highest BCUT2D eigenvalue weighted by molar-refractivity contribution is 6.07. The lowest BCUT2D eigenvalue weighted by Crippen LogP contribution is -2.46. The van der Waals surface area contributed by atoms with Gasteiger partial charge in [-0.05, 0) is 56.4 Å². The zero-order chi connectivity index (χ0) is 17.2.